The highest BCUT2D eigenvalue weighted by Gasteiger charge is 2.34. The molecule has 1 fully saturated rings. The van der Waals surface area contributed by atoms with Crippen LogP contribution in [0.15, 0.2) is 18.2 Å². The second-order valence-electron chi connectivity index (χ2n) is 6.08. The van der Waals surface area contributed by atoms with Crippen molar-refractivity contribution in [3.8, 4) is 0 Å². The maximum Gasteiger partial charge on any atom is 0.317 e. The number of likely N-dealkylation sites (N-methyl/N-ethyl adjacent to an activating group) is 1. The van der Waals surface area contributed by atoms with Crippen molar-refractivity contribution in [1.82, 2.24) is 10.2 Å². The Hall–Kier alpha value is -1.30. The van der Waals surface area contributed by atoms with Gasteiger partial charge in [0.25, 0.3) is 0 Å². The van der Waals surface area contributed by atoms with Crippen molar-refractivity contribution in [2.24, 2.45) is 0 Å². The predicted molar refractivity (Wildman–Crippen MR) is 94.6 cm³/mol. The molecule has 1 aromatic rings. The summed E-state index contributed by atoms with van der Waals surface area (Å²) in [7, 11) is 0. The lowest BCUT2D eigenvalue weighted by Crippen LogP contribution is -2.54. The number of hydrogen-bond donors (Lipinski definition) is 2. The molecule has 5 nitrogen and oxygen atoms in total. The summed E-state index contributed by atoms with van der Waals surface area (Å²) in [6.07, 6.45) is 2.54. The first kappa shape index (κ1) is 19.0. The van der Waals surface area contributed by atoms with Gasteiger partial charge in [-0.3, -0.25) is 14.5 Å². The van der Waals surface area contributed by atoms with Crippen molar-refractivity contribution in [1.29, 1.82) is 0 Å². The molecule has 2 N–H and O–H groups in total. The number of carbonyl (C=O) groups excluding carboxylic acids is 1. The number of nitrogens with one attached hydrogen (secondary N) is 1. The minimum absolute atomic E-state index is 0.00857. The standard InChI is InChI=1S/C17H22Cl2N2O3/c1-2-21(10-17(23)24)14-8-13(9-14)20-16(22)6-4-11-3-5-12(18)7-15(11)19/h3,5,7,13-14H,2,4,6,8-10H2,1H3,(H,20,22)(H,23,24). The zero-order valence-corrected chi connectivity index (χ0v) is 15.1. The molecule has 1 saturated carbocycles. The van der Waals surface area contributed by atoms with E-state index in [-0.39, 0.29) is 24.5 Å². The van der Waals surface area contributed by atoms with E-state index in [4.69, 9.17) is 28.3 Å². The number of aryl methyl sites for hydroxylation is 1. The smallest absolute Gasteiger partial charge is 0.317 e. The number of carboxylic acid groups (broad SMARTS) is 1. The molecule has 132 valence electrons. The Bertz CT molecular complexity index is 603. The summed E-state index contributed by atoms with van der Waals surface area (Å²) < 4.78 is 0. The van der Waals surface area contributed by atoms with Gasteiger partial charge in [-0.25, -0.2) is 0 Å². The Morgan fingerprint density at radius 1 is 1.33 bits per heavy atom. The zero-order chi connectivity index (χ0) is 17.7. The van der Waals surface area contributed by atoms with E-state index in [0.29, 0.717) is 29.4 Å². The third-order valence-electron chi connectivity index (χ3n) is 4.38. The highest BCUT2D eigenvalue weighted by molar-refractivity contribution is 6.35. The van der Waals surface area contributed by atoms with Crippen LogP contribution in [0, 0.1) is 0 Å². The first-order valence-electron chi connectivity index (χ1n) is 8.08. The van der Waals surface area contributed by atoms with Crippen LogP contribution in [0.25, 0.3) is 0 Å². The first-order chi connectivity index (χ1) is 11.4. The molecule has 1 amide bonds. The molecule has 2 rings (SSSR count). The molecule has 7 heteroatoms. The zero-order valence-electron chi connectivity index (χ0n) is 13.6. The van der Waals surface area contributed by atoms with Crippen molar-refractivity contribution in [3.63, 3.8) is 0 Å². The number of rotatable bonds is 8. The summed E-state index contributed by atoms with van der Waals surface area (Å²) >= 11 is 12.0. The van der Waals surface area contributed by atoms with Gasteiger partial charge in [0.2, 0.25) is 5.91 Å². The Kier molecular flexibility index (Phi) is 6.90. The predicted octanol–water partition coefficient (Wildman–Crippen LogP) is 2.98. The summed E-state index contributed by atoms with van der Waals surface area (Å²) in [5, 5.41) is 13.0. The van der Waals surface area contributed by atoms with Gasteiger partial charge in [0.15, 0.2) is 0 Å². The van der Waals surface area contributed by atoms with Gasteiger partial charge in [-0.15, -0.1) is 0 Å². The highest BCUT2D eigenvalue weighted by Crippen LogP contribution is 2.26. The van der Waals surface area contributed by atoms with E-state index in [9.17, 15) is 9.59 Å². The minimum Gasteiger partial charge on any atom is -0.480 e. The van der Waals surface area contributed by atoms with Gasteiger partial charge in [-0.05, 0) is 43.5 Å². The highest BCUT2D eigenvalue weighted by atomic mass is 35.5. The number of hydrogen-bond acceptors (Lipinski definition) is 3. The number of halogens is 2. The molecule has 0 radical (unpaired) electrons. The SMILES string of the molecule is CCN(CC(=O)O)C1CC(NC(=O)CCc2ccc(Cl)cc2Cl)C1. The number of aliphatic carboxylic acids is 1. The fraction of sp³-hybridized carbons (Fsp3) is 0.529. The molecule has 0 bridgehead atoms. The lowest BCUT2D eigenvalue weighted by molar-refractivity contribution is -0.139. The van der Waals surface area contributed by atoms with Gasteiger partial charge in [0.1, 0.15) is 0 Å². The van der Waals surface area contributed by atoms with Crippen molar-refractivity contribution in [3.05, 3.63) is 33.8 Å². The van der Waals surface area contributed by atoms with Gasteiger partial charge in [0.05, 0.1) is 6.54 Å². The number of carbonyl (C=O) groups is 2. The average molecular weight is 373 g/mol. The van der Waals surface area contributed by atoms with Gasteiger partial charge < -0.3 is 10.4 Å². The molecule has 1 aliphatic rings. The molecule has 0 aromatic heterocycles. The fourth-order valence-electron chi connectivity index (χ4n) is 2.95. The third kappa shape index (κ3) is 5.36. The molecule has 1 aromatic carbocycles. The summed E-state index contributed by atoms with van der Waals surface area (Å²) in [4.78, 5) is 24.8. The number of nitrogens with zero attached hydrogens (tertiary/aromatic N) is 1. The van der Waals surface area contributed by atoms with Crippen LogP contribution >= 0.6 is 23.2 Å². The lowest BCUT2D eigenvalue weighted by atomic mass is 9.85. The second kappa shape index (κ2) is 8.70. The summed E-state index contributed by atoms with van der Waals surface area (Å²) in [5.41, 5.74) is 0.904. The largest absolute Gasteiger partial charge is 0.480 e. The number of carboxylic acids is 1. The molecular formula is C17H22Cl2N2O3. The molecular weight excluding hydrogens is 351 g/mol. The molecule has 0 heterocycles. The van der Waals surface area contributed by atoms with E-state index in [2.05, 4.69) is 5.32 Å². The molecule has 24 heavy (non-hydrogen) atoms. The maximum atomic E-state index is 12.0. The Labute approximate surface area is 151 Å². The fourth-order valence-corrected chi connectivity index (χ4v) is 3.45. The first-order valence-corrected chi connectivity index (χ1v) is 8.83. The second-order valence-corrected chi connectivity index (χ2v) is 6.93. The van der Waals surface area contributed by atoms with Crippen LogP contribution in [0.2, 0.25) is 10.0 Å². The Morgan fingerprint density at radius 3 is 2.62 bits per heavy atom. The molecule has 0 spiro atoms. The van der Waals surface area contributed by atoms with Gasteiger partial charge in [0, 0.05) is 28.5 Å². The Balaban J connectivity index is 1.72. The normalized spacial score (nSPS) is 19.8. The Morgan fingerprint density at radius 2 is 2.04 bits per heavy atom. The molecule has 0 aliphatic heterocycles. The van der Waals surface area contributed by atoms with Crippen LogP contribution < -0.4 is 5.32 Å². The van der Waals surface area contributed by atoms with Crippen molar-refractivity contribution in [2.45, 2.75) is 44.7 Å². The van der Waals surface area contributed by atoms with E-state index >= 15 is 0 Å². The minimum atomic E-state index is -0.816. The molecule has 0 saturated heterocycles. The van der Waals surface area contributed by atoms with Crippen LogP contribution in [0.5, 0.6) is 0 Å². The van der Waals surface area contributed by atoms with E-state index in [1.807, 2.05) is 17.9 Å². The topological polar surface area (TPSA) is 69.6 Å². The van der Waals surface area contributed by atoms with E-state index in [1.54, 1.807) is 12.1 Å². The molecule has 0 atom stereocenters. The number of benzene rings is 1. The van der Waals surface area contributed by atoms with Gasteiger partial charge >= 0.3 is 5.97 Å². The van der Waals surface area contributed by atoms with Crippen LogP contribution in [0.1, 0.15) is 31.7 Å². The number of amides is 1. The van der Waals surface area contributed by atoms with Crippen molar-refractivity contribution in [2.75, 3.05) is 13.1 Å². The van der Waals surface area contributed by atoms with Crippen molar-refractivity contribution >= 4 is 35.1 Å². The van der Waals surface area contributed by atoms with Gasteiger partial charge in [-0.2, -0.15) is 0 Å². The van der Waals surface area contributed by atoms with Crippen LogP contribution in [0.4, 0.5) is 0 Å². The average Bonchev–Trinajstić information content (AvgIpc) is 2.47. The molecule has 1 aliphatic carbocycles. The van der Waals surface area contributed by atoms with Gasteiger partial charge in [-0.1, -0.05) is 36.2 Å². The maximum absolute atomic E-state index is 12.0. The quantitative estimate of drug-likeness (QED) is 0.735. The van der Waals surface area contributed by atoms with Crippen molar-refractivity contribution < 1.29 is 14.7 Å². The van der Waals surface area contributed by atoms with E-state index in [1.165, 1.54) is 0 Å². The lowest BCUT2D eigenvalue weighted by Gasteiger charge is -2.42. The van der Waals surface area contributed by atoms with Crippen LogP contribution in [-0.4, -0.2) is 47.1 Å². The van der Waals surface area contributed by atoms with Crippen LogP contribution in [-0.2, 0) is 16.0 Å². The van der Waals surface area contributed by atoms with Crippen LogP contribution in [0.3, 0.4) is 0 Å². The third-order valence-corrected chi connectivity index (χ3v) is 4.96. The van der Waals surface area contributed by atoms with E-state index in [0.717, 1.165) is 18.4 Å². The summed E-state index contributed by atoms with van der Waals surface area (Å²) in [5.74, 6) is -0.824. The summed E-state index contributed by atoms with van der Waals surface area (Å²) in [6, 6.07) is 5.64. The monoisotopic (exact) mass is 372 g/mol. The van der Waals surface area contributed by atoms with E-state index < -0.39 is 5.97 Å². The summed E-state index contributed by atoms with van der Waals surface area (Å²) in [6.45, 7) is 2.70. The molecule has 0 unspecified atom stereocenters.